The van der Waals surface area contributed by atoms with Crippen LogP contribution >= 0.6 is 0 Å². The van der Waals surface area contributed by atoms with Crippen LogP contribution in [0.1, 0.15) is 93.4 Å². The highest BCUT2D eigenvalue weighted by molar-refractivity contribution is 6.24. The number of ketones is 2. The zero-order chi connectivity index (χ0) is 22.1. The molecule has 1 rings (SSSR count). The molecule has 162 valence electrons. The van der Waals surface area contributed by atoms with E-state index in [0.717, 1.165) is 37.7 Å². The average molecular weight is 401 g/mol. The van der Waals surface area contributed by atoms with Gasteiger partial charge in [-0.15, -0.1) is 0 Å². The Labute approximate surface area is 177 Å². The SMILES string of the molecule is CCCCCC1=C(NC(C)C)C(=O)C(C/C(C)=C(/C)CCC=C(C)C)=C(N)C1=O. The third kappa shape index (κ3) is 7.34. The highest BCUT2D eigenvalue weighted by Crippen LogP contribution is 2.30. The lowest BCUT2D eigenvalue weighted by atomic mass is 9.84. The number of nitrogens with one attached hydrogen (secondary N) is 1. The Morgan fingerprint density at radius 2 is 1.66 bits per heavy atom. The van der Waals surface area contributed by atoms with Crippen LogP contribution in [0.15, 0.2) is 45.3 Å². The molecule has 0 saturated carbocycles. The number of carbonyl (C=O) groups is 2. The summed E-state index contributed by atoms with van der Waals surface area (Å²) < 4.78 is 0. The topological polar surface area (TPSA) is 72.2 Å². The van der Waals surface area contributed by atoms with E-state index < -0.39 is 0 Å². The van der Waals surface area contributed by atoms with Gasteiger partial charge in [-0.25, -0.2) is 0 Å². The van der Waals surface area contributed by atoms with Gasteiger partial charge in [0.05, 0.1) is 11.4 Å². The van der Waals surface area contributed by atoms with Gasteiger partial charge in [-0.1, -0.05) is 42.6 Å². The molecule has 0 unspecified atom stereocenters. The van der Waals surface area contributed by atoms with Gasteiger partial charge in [-0.3, -0.25) is 9.59 Å². The molecule has 0 saturated heterocycles. The maximum atomic E-state index is 13.3. The van der Waals surface area contributed by atoms with E-state index in [-0.39, 0.29) is 23.3 Å². The van der Waals surface area contributed by atoms with Crippen molar-refractivity contribution in [3.8, 4) is 0 Å². The van der Waals surface area contributed by atoms with Gasteiger partial charge in [-0.05, 0) is 73.6 Å². The normalized spacial score (nSPS) is 15.9. The summed E-state index contributed by atoms with van der Waals surface area (Å²) in [6, 6.07) is 0.0749. The first-order valence-electron chi connectivity index (χ1n) is 11.0. The first kappa shape index (κ1) is 24.9. The summed E-state index contributed by atoms with van der Waals surface area (Å²) in [6.45, 7) is 14.4. The number of allylic oxidation sites excluding steroid dienone is 6. The quantitative estimate of drug-likeness (QED) is 0.267. The van der Waals surface area contributed by atoms with Gasteiger partial charge < -0.3 is 11.1 Å². The molecule has 1 aliphatic carbocycles. The van der Waals surface area contributed by atoms with Gasteiger partial charge in [0.2, 0.25) is 11.6 Å². The van der Waals surface area contributed by atoms with Gasteiger partial charge in [0, 0.05) is 17.2 Å². The summed E-state index contributed by atoms with van der Waals surface area (Å²) in [7, 11) is 0. The van der Waals surface area contributed by atoms with Crippen LogP contribution in [0.3, 0.4) is 0 Å². The molecule has 0 aromatic heterocycles. The van der Waals surface area contributed by atoms with Gasteiger partial charge in [-0.2, -0.15) is 0 Å². The van der Waals surface area contributed by atoms with Crippen LogP contribution in [0.4, 0.5) is 0 Å². The maximum Gasteiger partial charge on any atom is 0.207 e. The molecule has 0 fully saturated rings. The van der Waals surface area contributed by atoms with Gasteiger partial charge in [0.1, 0.15) is 0 Å². The molecule has 0 amide bonds. The fourth-order valence-electron chi connectivity index (χ4n) is 3.44. The summed E-state index contributed by atoms with van der Waals surface area (Å²) in [5, 5.41) is 3.23. The third-order valence-electron chi connectivity index (χ3n) is 5.35. The standard InChI is InChI=1S/C25H40N2O2/c1-8-9-10-14-20-23(27-17(4)5)25(29)21(22(26)24(20)28)15-19(7)18(6)13-11-12-16(2)3/h12,17,27H,8-11,13-15,26H2,1-7H3/b19-18-. The number of nitrogens with two attached hydrogens (primary N) is 1. The summed E-state index contributed by atoms with van der Waals surface area (Å²) >= 11 is 0. The van der Waals surface area contributed by atoms with Crippen LogP contribution < -0.4 is 11.1 Å². The van der Waals surface area contributed by atoms with E-state index in [9.17, 15) is 9.59 Å². The van der Waals surface area contributed by atoms with E-state index >= 15 is 0 Å². The van der Waals surface area contributed by atoms with Crippen LogP contribution in [-0.2, 0) is 9.59 Å². The molecule has 4 nitrogen and oxygen atoms in total. The van der Waals surface area contributed by atoms with E-state index in [0.29, 0.717) is 29.7 Å². The number of hydrogen-bond donors (Lipinski definition) is 2. The van der Waals surface area contributed by atoms with Crippen LogP contribution in [0.2, 0.25) is 0 Å². The number of Topliss-reactive ketones (excluding diaryl/α,β-unsaturated/α-hetero) is 2. The molecule has 29 heavy (non-hydrogen) atoms. The van der Waals surface area contributed by atoms with E-state index in [2.05, 4.69) is 39.1 Å². The van der Waals surface area contributed by atoms with Crippen molar-refractivity contribution in [2.75, 3.05) is 0 Å². The largest absolute Gasteiger partial charge is 0.395 e. The zero-order valence-corrected chi connectivity index (χ0v) is 19.5. The third-order valence-corrected chi connectivity index (χ3v) is 5.35. The Kier molecular flexibility index (Phi) is 10.1. The minimum atomic E-state index is -0.172. The van der Waals surface area contributed by atoms with E-state index in [1.165, 1.54) is 11.1 Å². The van der Waals surface area contributed by atoms with Crippen molar-refractivity contribution in [2.24, 2.45) is 5.73 Å². The fraction of sp³-hybridized carbons (Fsp3) is 0.600. The van der Waals surface area contributed by atoms with Crippen molar-refractivity contribution in [1.82, 2.24) is 5.32 Å². The Bertz CT molecular complexity index is 745. The van der Waals surface area contributed by atoms with Crippen molar-refractivity contribution >= 4 is 11.6 Å². The van der Waals surface area contributed by atoms with E-state index in [1.54, 1.807) is 0 Å². The first-order valence-corrected chi connectivity index (χ1v) is 11.0. The van der Waals surface area contributed by atoms with Crippen molar-refractivity contribution in [2.45, 2.75) is 99.5 Å². The number of rotatable bonds is 11. The van der Waals surface area contributed by atoms with Gasteiger partial charge in [0.15, 0.2) is 0 Å². The molecule has 0 radical (unpaired) electrons. The minimum Gasteiger partial charge on any atom is -0.395 e. The van der Waals surface area contributed by atoms with Crippen LogP contribution in [0, 0.1) is 0 Å². The smallest absolute Gasteiger partial charge is 0.207 e. The molecule has 0 aromatic rings. The lowest BCUT2D eigenvalue weighted by Gasteiger charge is -2.25. The van der Waals surface area contributed by atoms with Gasteiger partial charge in [0.25, 0.3) is 0 Å². The number of unbranched alkanes of at least 4 members (excludes halogenated alkanes) is 2. The second kappa shape index (κ2) is 11.8. The Morgan fingerprint density at radius 3 is 2.21 bits per heavy atom. The number of carbonyl (C=O) groups excluding carboxylic acids is 2. The summed E-state index contributed by atoms with van der Waals surface area (Å²) in [5.74, 6) is -0.285. The molecule has 0 aliphatic heterocycles. The van der Waals surface area contributed by atoms with E-state index in [4.69, 9.17) is 5.73 Å². The molecule has 0 heterocycles. The van der Waals surface area contributed by atoms with Gasteiger partial charge >= 0.3 is 0 Å². The molecule has 0 bridgehead atoms. The van der Waals surface area contributed by atoms with Crippen LogP contribution in [0.25, 0.3) is 0 Å². The van der Waals surface area contributed by atoms with E-state index in [1.807, 2.05) is 20.8 Å². The van der Waals surface area contributed by atoms with Crippen LogP contribution in [0.5, 0.6) is 0 Å². The summed E-state index contributed by atoms with van der Waals surface area (Å²) in [5.41, 5.74) is 11.5. The molecule has 3 N–H and O–H groups in total. The van der Waals surface area contributed by atoms with Crippen molar-refractivity contribution < 1.29 is 9.59 Å². The lowest BCUT2D eigenvalue weighted by Crippen LogP contribution is -2.37. The predicted molar refractivity (Wildman–Crippen MR) is 122 cm³/mol. The zero-order valence-electron chi connectivity index (χ0n) is 19.5. The minimum absolute atomic E-state index is 0.0749. The molecule has 0 spiro atoms. The predicted octanol–water partition coefficient (Wildman–Crippen LogP) is 5.66. The molecule has 1 aliphatic rings. The highest BCUT2D eigenvalue weighted by Gasteiger charge is 2.33. The first-order chi connectivity index (χ1) is 13.6. The Morgan fingerprint density at radius 1 is 1.00 bits per heavy atom. The molecule has 0 atom stereocenters. The van der Waals surface area contributed by atoms with Crippen molar-refractivity contribution in [3.63, 3.8) is 0 Å². The second-order valence-corrected chi connectivity index (χ2v) is 8.72. The average Bonchev–Trinajstić information content (AvgIpc) is 2.64. The monoisotopic (exact) mass is 400 g/mol. The number of hydrogen-bond acceptors (Lipinski definition) is 4. The lowest BCUT2D eigenvalue weighted by molar-refractivity contribution is -0.117. The highest BCUT2D eigenvalue weighted by atomic mass is 16.1. The fourth-order valence-corrected chi connectivity index (χ4v) is 3.44. The Balaban J connectivity index is 3.14. The molecular weight excluding hydrogens is 360 g/mol. The van der Waals surface area contributed by atoms with Crippen molar-refractivity contribution in [3.05, 3.63) is 45.3 Å². The maximum absolute atomic E-state index is 13.3. The summed E-state index contributed by atoms with van der Waals surface area (Å²) in [4.78, 5) is 26.3. The molecular formula is C25H40N2O2. The van der Waals surface area contributed by atoms with Crippen LogP contribution in [-0.4, -0.2) is 17.6 Å². The molecule has 4 heteroatoms. The second-order valence-electron chi connectivity index (χ2n) is 8.72. The summed E-state index contributed by atoms with van der Waals surface area (Å²) in [6.07, 6.45) is 8.16. The molecule has 0 aromatic carbocycles. The van der Waals surface area contributed by atoms with Crippen molar-refractivity contribution in [1.29, 1.82) is 0 Å². The Hall–Kier alpha value is -2.10.